The van der Waals surface area contributed by atoms with Gasteiger partial charge in [0.2, 0.25) is 0 Å². The zero-order chi connectivity index (χ0) is 9.23. The summed E-state index contributed by atoms with van der Waals surface area (Å²) in [6.45, 7) is 9.85. The highest BCUT2D eigenvalue weighted by atomic mass is 14.0. The lowest BCUT2D eigenvalue weighted by Crippen LogP contribution is -1.89. The fourth-order valence-corrected chi connectivity index (χ4v) is 1.12. The average molecular weight is 165 g/mol. The minimum absolute atomic E-state index is 0.541. The summed E-state index contributed by atoms with van der Waals surface area (Å²) < 4.78 is 0. The molecule has 0 fully saturated rings. The topological polar surface area (TPSA) is 0 Å². The van der Waals surface area contributed by atoms with E-state index in [2.05, 4.69) is 32.6 Å². The van der Waals surface area contributed by atoms with E-state index in [-0.39, 0.29) is 0 Å². The van der Waals surface area contributed by atoms with E-state index in [1.165, 1.54) is 19.3 Å². The third-order valence-corrected chi connectivity index (χ3v) is 1.95. The van der Waals surface area contributed by atoms with Crippen molar-refractivity contribution in [2.24, 2.45) is 5.92 Å². The largest absolute Gasteiger partial charge is 0.102 e. The van der Waals surface area contributed by atoms with Crippen LogP contribution in [0.3, 0.4) is 0 Å². The Bertz CT molecular complexity index is 122. The molecule has 0 bridgehead atoms. The van der Waals surface area contributed by atoms with E-state index in [0.717, 1.165) is 12.8 Å². The Morgan fingerprint density at radius 1 is 1.42 bits per heavy atom. The summed E-state index contributed by atoms with van der Waals surface area (Å²) in [7, 11) is 0. The predicted octanol–water partition coefficient (Wildman–Crippen LogP) is 4.15. The molecule has 1 radical (unpaired) electrons. The van der Waals surface area contributed by atoms with Gasteiger partial charge in [-0.3, -0.25) is 0 Å². The molecule has 0 aromatic rings. The first-order chi connectivity index (χ1) is 5.85. The van der Waals surface area contributed by atoms with Crippen LogP contribution in [0.1, 0.15) is 39.0 Å². The molecule has 0 aromatic heterocycles. The van der Waals surface area contributed by atoms with Gasteiger partial charge in [-0.2, -0.15) is 0 Å². The van der Waals surface area contributed by atoms with Crippen molar-refractivity contribution in [3.63, 3.8) is 0 Å². The van der Waals surface area contributed by atoms with Gasteiger partial charge in [0.25, 0.3) is 0 Å². The zero-order valence-electron chi connectivity index (χ0n) is 8.26. The Hall–Kier alpha value is -0.520. The number of unbranched alkanes of at least 4 members (excludes halogenated alkanes) is 2. The van der Waals surface area contributed by atoms with Crippen molar-refractivity contribution in [2.75, 3.05) is 0 Å². The lowest BCUT2D eigenvalue weighted by atomic mass is 10.0. The van der Waals surface area contributed by atoms with Gasteiger partial charge in [-0.05, 0) is 18.8 Å². The van der Waals surface area contributed by atoms with Gasteiger partial charge in [0.15, 0.2) is 0 Å². The molecule has 0 rings (SSSR count). The van der Waals surface area contributed by atoms with E-state index in [9.17, 15) is 0 Å². The monoisotopic (exact) mass is 165 g/mol. The fourth-order valence-electron chi connectivity index (χ4n) is 1.12. The second-order valence-corrected chi connectivity index (χ2v) is 3.11. The molecule has 1 unspecified atom stereocenters. The van der Waals surface area contributed by atoms with Crippen molar-refractivity contribution >= 4 is 0 Å². The summed E-state index contributed by atoms with van der Waals surface area (Å²) in [5, 5.41) is 0. The van der Waals surface area contributed by atoms with Crippen molar-refractivity contribution in [1.29, 1.82) is 0 Å². The molecule has 0 heteroatoms. The van der Waals surface area contributed by atoms with Crippen molar-refractivity contribution in [1.82, 2.24) is 0 Å². The first kappa shape index (κ1) is 11.5. The Balaban J connectivity index is 3.53. The van der Waals surface area contributed by atoms with Gasteiger partial charge >= 0.3 is 0 Å². The molecule has 12 heavy (non-hydrogen) atoms. The van der Waals surface area contributed by atoms with E-state index in [1.807, 2.05) is 6.08 Å². The van der Waals surface area contributed by atoms with E-state index in [1.54, 1.807) is 0 Å². The van der Waals surface area contributed by atoms with Gasteiger partial charge in [0.1, 0.15) is 0 Å². The van der Waals surface area contributed by atoms with Crippen molar-refractivity contribution in [3.05, 3.63) is 31.7 Å². The maximum absolute atomic E-state index is 3.84. The molecule has 0 aliphatic rings. The SMILES string of the molecule is [CH2]CCC(C=C)C=CCCCC. The molecule has 0 heterocycles. The molecule has 0 nitrogen and oxygen atoms in total. The van der Waals surface area contributed by atoms with E-state index in [0.29, 0.717) is 5.92 Å². The number of hydrogen-bond acceptors (Lipinski definition) is 0. The Morgan fingerprint density at radius 3 is 2.67 bits per heavy atom. The van der Waals surface area contributed by atoms with Crippen LogP contribution in [-0.2, 0) is 0 Å². The highest BCUT2D eigenvalue weighted by Crippen LogP contribution is 2.09. The lowest BCUT2D eigenvalue weighted by molar-refractivity contribution is 0.714. The second kappa shape index (κ2) is 8.58. The van der Waals surface area contributed by atoms with Gasteiger partial charge < -0.3 is 0 Å². The summed E-state index contributed by atoms with van der Waals surface area (Å²) >= 11 is 0. The van der Waals surface area contributed by atoms with Gasteiger partial charge in [0, 0.05) is 0 Å². The van der Waals surface area contributed by atoms with Crippen molar-refractivity contribution in [2.45, 2.75) is 39.0 Å². The fraction of sp³-hybridized carbons (Fsp3) is 0.583. The smallest absolute Gasteiger partial charge is 0.00562 e. The van der Waals surface area contributed by atoms with E-state index >= 15 is 0 Å². The standard InChI is InChI=1S/C12H21/c1-4-7-8-9-11-12(6-3)10-5-2/h6,9,11-12H,2-5,7-8,10H2,1H3. The number of hydrogen-bond donors (Lipinski definition) is 0. The second-order valence-electron chi connectivity index (χ2n) is 3.11. The maximum atomic E-state index is 3.84. The molecular weight excluding hydrogens is 144 g/mol. The molecule has 0 saturated heterocycles. The van der Waals surface area contributed by atoms with Crippen LogP contribution in [0, 0.1) is 12.8 Å². The van der Waals surface area contributed by atoms with Crippen molar-refractivity contribution in [3.8, 4) is 0 Å². The minimum Gasteiger partial charge on any atom is -0.102 e. The molecule has 0 amide bonds. The average Bonchev–Trinajstić information content (AvgIpc) is 2.10. The third-order valence-electron chi connectivity index (χ3n) is 1.95. The predicted molar refractivity (Wildman–Crippen MR) is 56.9 cm³/mol. The van der Waals surface area contributed by atoms with E-state index < -0.39 is 0 Å². The van der Waals surface area contributed by atoms with Gasteiger partial charge in [-0.1, -0.05) is 51.3 Å². The molecule has 0 N–H and O–H groups in total. The Kier molecular flexibility index (Phi) is 8.20. The van der Waals surface area contributed by atoms with Crippen LogP contribution in [-0.4, -0.2) is 0 Å². The van der Waals surface area contributed by atoms with Crippen LogP contribution in [0.2, 0.25) is 0 Å². The summed E-state index contributed by atoms with van der Waals surface area (Å²) in [6.07, 6.45) is 12.4. The van der Waals surface area contributed by atoms with Crippen LogP contribution < -0.4 is 0 Å². The van der Waals surface area contributed by atoms with Crippen LogP contribution in [0.25, 0.3) is 0 Å². The maximum Gasteiger partial charge on any atom is -0.00562 e. The normalized spacial score (nSPS) is 13.5. The molecule has 69 valence electrons. The lowest BCUT2D eigenvalue weighted by Gasteiger charge is -2.03. The number of allylic oxidation sites excluding steroid dienone is 3. The highest BCUT2D eigenvalue weighted by Gasteiger charge is 1.95. The van der Waals surface area contributed by atoms with Crippen LogP contribution in [0.4, 0.5) is 0 Å². The van der Waals surface area contributed by atoms with Crippen LogP contribution in [0.5, 0.6) is 0 Å². The molecular formula is C12H21. The third kappa shape index (κ3) is 6.21. The molecule has 0 spiro atoms. The Morgan fingerprint density at radius 2 is 2.17 bits per heavy atom. The Labute approximate surface area is 77.4 Å². The summed E-state index contributed by atoms with van der Waals surface area (Å²) in [6, 6.07) is 0. The summed E-state index contributed by atoms with van der Waals surface area (Å²) in [4.78, 5) is 0. The van der Waals surface area contributed by atoms with Gasteiger partial charge in [-0.25, -0.2) is 0 Å². The van der Waals surface area contributed by atoms with Gasteiger partial charge in [-0.15, -0.1) is 6.58 Å². The molecule has 0 saturated carbocycles. The molecule has 0 aliphatic heterocycles. The molecule has 1 atom stereocenters. The minimum atomic E-state index is 0.541. The quantitative estimate of drug-likeness (QED) is 0.392. The van der Waals surface area contributed by atoms with Crippen molar-refractivity contribution < 1.29 is 0 Å². The molecule has 0 aromatic carbocycles. The van der Waals surface area contributed by atoms with Crippen LogP contribution >= 0.6 is 0 Å². The van der Waals surface area contributed by atoms with Crippen LogP contribution in [0.15, 0.2) is 24.8 Å². The highest BCUT2D eigenvalue weighted by molar-refractivity contribution is 4.96. The molecule has 0 aliphatic carbocycles. The van der Waals surface area contributed by atoms with E-state index in [4.69, 9.17) is 0 Å². The first-order valence-corrected chi connectivity index (χ1v) is 4.93. The summed E-state index contributed by atoms with van der Waals surface area (Å²) in [5.41, 5.74) is 0. The zero-order valence-corrected chi connectivity index (χ0v) is 8.26. The van der Waals surface area contributed by atoms with Gasteiger partial charge in [0.05, 0.1) is 0 Å². The number of rotatable bonds is 7. The summed E-state index contributed by atoms with van der Waals surface area (Å²) in [5.74, 6) is 0.541. The first-order valence-electron chi connectivity index (χ1n) is 4.93.